The number of pyridine rings is 1. The largest absolute Gasteiger partial charge is 0.376 e. The second kappa shape index (κ2) is 11.3. The van der Waals surface area contributed by atoms with Gasteiger partial charge in [0.2, 0.25) is 0 Å². The molecule has 3 aliphatic rings. The third-order valence-corrected chi connectivity index (χ3v) is 8.40. The van der Waals surface area contributed by atoms with Gasteiger partial charge < -0.3 is 10.2 Å². The first-order chi connectivity index (χ1) is 17.9. The molecule has 1 atom stereocenters. The number of likely N-dealkylation sites (tertiary alicyclic amines) is 1. The van der Waals surface area contributed by atoms with Crippen molar-refractivity contribution in [3.63, 3.8) is 0 Å². The number of hydrogen-bond acceptors (Lipinski definition) is 3. The van der Waals surface area contributed by atoms with Gasteiger partial charge in [0, 0.05) is 17.8 Å². The number of aromatic nitrogens is 1. The first-order valence-electron chi connectivity index (χ1n) is 14.1. The molecule has 0 radical (unpaired) electrons. The number of nitrogens with zero attached hydrogens (tertiary/aromatic N) is 2. The highest BCUT2D eigenvalue weighted by molar-refractivity contribution is 5.41. The topological polar surface area (TPSA) is 28.2 Å². The van der Waals surface area contributed by atoms with Gasteiger partial charge in [-0.3, -0.25) is 4.98 Å². The minimum absolute atomic E-state index is 0.00174. The molecule has 1 aromatic carbocycles. The van der Waals surface area contributed by atoms with E-state index in [-0.39, 0.29) is 11.9 Å². The van der Waals surface area contributed by atoms with Crippen LogP contribution in [-0.4, -0.2) is 29.5 Å². The molecule has 196 valence electrons. The van der Waals surface area contributed by atoms with E-state index in [0.29, 0.717) is 11.3 Å². The monoisotopic (exact) mass is 499 g/mol. The third kappa shape index (κ3) is 6.41. The maximum atomic E-state index is 14.0. The van der Waals surface area contributed by atoms with Gasteiger partial charge in [-0.25, -0.2) is 4.39 Å². The van der Waals surface area contributed by atoms with E-state index in [1.165, 1.54) is 16.7 Å². The van der Waals surface area contributed by atoms with E-state index in [4.69, 9.17) is 4.98 Å². The number of piperidine rings is 1. The van der Waals surface area contributed by atoms with Crippen LogP contribution >= 0.6 is 0 Å². The summed E-state index contributed by atoms with van der Waals surface area (Å²) in [6.45, 7) is 12.4. The fourth-order valence-corrected chi connectivity index (χ4v) is 6.35. The molecular formula is C33H42FN3. The van der Waals surface area contributed by atoms with Crippen molar-refractivity contribution in [3.05, 3.63) is 101 Å². The van der Waals surface area contributed by atoms with Crippen LogP contribution < -0.4 is 5.32 Å². The molecule has 4 heteroatoms. The maximum Gasteiger partial charge on any atom is 0.122 e. The van der Waals surface area contributed by atoms with Crippen LogP contribution in [0.25, 0.3) is 0 Å². The number of nitrogens with one attached hydrogen (secondary N) is 1. The summed E-state index contributed by atoms with van der Waals surface area (Å²) in [4.78, 5) is 7.25. The van der Waals surface area contributed by atoms with Gasteiger partial charge in [-0.1, -0.05) is 50.8 Å². The Morgan fingerprint density at radius 3 is 2.65 bits per heavy atom. The van der Waals surface area contributed by atoms with Gasteiger partial charge in [0.15, 0.2) is 0 Å². The molecule has 1 fully saturated rings. The zero-order valence-corrected chi connectivity index (χ0v) is 22.6. The van der Waals surface area contributed by atoms with Crippen LogP contribution in [0.4, 0.5) is 4.39 Å². The molecule has 2 aromatic rings. The highest BCUT2D eigenvalue weighted by Crippen LogP contribution is 2.38. The van der Waals surface area contributed by atoms with Crippen LogP contribution in [0.15, 0.2) is 78.4 Å². The Morgan fingerprint density at radius 1 is 1.11 bits per heavy atom. The first kappa shape index (κ1) is 25.9. The number of halogens is 1. The summed E-state index contributed by atoms with van der Waals surface area (Å²) in [5.74, 6) is 0.458. The van der Waals surface area contributed by atoms with Gasteiger partial charge in [0.05, 0.1) is 11.7 Å². The molecule has 1 unspecified atom stereocenters. The van der Waals surface area contributed by atoms with E-state index in [1.54, 1.807) is 6.08 Å². The molecule has 1 aliphatic heterocycles. The molecule has 1 saturated heterocycles. The summed E-state index contributed by atoms with van der Waals surface area (Å²) in [7, 11) is 0. The summed E-state index contributed by atoms with van der Waals surface area (Å²) < 4.78 is 14.0. The Hall–Kier alpha value is -2.72. The molecular weight excluding hydrogens is 457 g/mol. The van der Waals surface area contributed by atoms with Crippen LogP contribution in [0.3, 0.4) is 0 Å². The van der Waals surface area contributed by atoms with Crippen LogP contribution in [0.5, 0.6) is 0 Å². The second-order valence-corrected chi connectivity index (χ2v) is 12.0. The van der Waals surface area contributed by atoms with E-state index in [0.717, 1.165) is 88.0 Å². The van der Waals surface area contributed by atoms with Crippen LogP contribution in [-0.2, 0) is 12.8 Å². The minimum Gasteiger partial charge on any atom is -0.376 e. The van der Waals surface area contributed by atoms with E-state index >= 15 is 0 Å². The van der Waals surface area contributed by atoms with Gasteiger partial charge in [-0.05, 0) is 117 Å². The molecule has 1 N–H and O–H groups in total. The van der Waals surface area contributed by atoms with Crippen molar-refractivity contribution in [2.75, 3.05) is 19.6 Å². The number of fused-ring (bicyclic) bond motifs is 1. The summed E-state index contributed by atoms with van der Waals surface area (Å²) in [6, 6.07) is 13.2. The lowest BCUT2D eigenvalue weighted by molar-refractivity contribution is 0.193. The van der Waals surface area contributed by atoms with E-state index in [2.05, 4.69) is 67.1 Å². The standard InChI is InChI=1S/C33H42FN3/c1-24(25-15-19-37(20-16-25)18-8-10-26-9-4-5-11-30(26)34)36-32(31-12-6-7-17-35-31)27-13-14-28-22-33(2,3)23-29(28)21-27/h6-7,9,11-14,17,21,25,32,36H,1,4-5,8,10,15-16,18-20,22-23H2,2-3H3. The first-order valence-corrected chi connectivity index (χ1v) is 14.1. The second-order valence-electron chi connectivity index (χ2n) is 12.0. The summed E-state index contributed by atoms with van der Waals surface area (Å²) >= 11 is 0. The zero-order valence-electron chi connectivity index (χ0n) is 22.6. The predicted molar refractivity (Wildman–Crippen MR) is 151 cm³/mol. The van der Waals surface area contributed by atoms with Crippen molar-refractivity contribution < 1.29 is 4.39 Å². The predicted octanol–water partition coefficient (Wildman–Crippen LogP) is 7.46. The number of rotatable bonds is 9. The van der Waals surface area contributed by atoms with Crippen molar-refractivity contribution in [2.45, 2.75) is 71.3 Å². The van der Waals surface area contributed by atoms with Gasteiger partial charge in [0.1, 0.15) is 5.83 Å². The Kier molecular flexibility index (Phi) is 7.95. The molecule has 1 aromatic heterocycles. The third-order valence-electron chi connectivity index (χ3n) is 8.40. The highest BCUT2D eigenvalue weighted by Gasteiger charge is 2.30. The average Bonchev–Trinajstić information content (AvgIpc) is 3.22. The number of hydrogen-bond donors (Lipinski definition) is 1. The van der Waals surface area contributed by atoms with Crippen LogP contribution in [0.1, 0.15) is 80.8 Å². The van der Waals surface area contributed by atoms with Gasteiger partial charge in [-0.2, -0.15) is 0 Å². The normalized spacial score (nSPS) is 20.6. The highest BCUT2D eigenvalue weighted by atomic mass is 19.1. The molecule has 2 heterocycles. The molecule has 5 rings (SSSR count). The van der Waals surface area contributed by atoms with Gasteiger partial charge >= 0.3 is 0 Å². The van der Waals surface area contributed by atoms with E-state index in [9.17, 15) is 4.39 Å². The Bertz CT molecular complexity index is 1160. The van der Waals surface area contributed by atoms with Crippen molar-refractivity contribution in [1.29, 1.82) is 0 Å². The lowest BCUT2D eigenvalue weighted by atomic mass is 9.90. The molecule has 0 bridgehead atoms. The van der Waals surface area contributed by atoms with Crippen molar-refractivity contribution in [3.8, 4) is 0 Å². The molecule has 3 nitrogen and oxygen atoms in total. The van der Waals surface area contributed by atoms with E-state index < -0.39 is 0 Å². The molecule has 2 aliphatic carbocycles. The zero-order chi connectivity index (χ0) is 25.8. The Labute approximate surface area is 222 Å². The van der Waals surface area contributed by atoms with Gasteiger partial charge in [-0.15, -0.1) is 0 Å². The molecule has 0 spiro atoms. The average molecular weight is 500 g/mol. The number of benzene rings is 1. The van der Waals surface area contributed by atoms with Crippen molar-refractivity contribution >= 4 is 0 Å². The molecule has 37 heavy (non-hydrogen) atoms. The smallest absolute Gasteiger partial charge is 0.122 e. The molecule has 0 amide bonds. The van der Waals surface area contributed by atoms with Crippen LogP contribution in [0.2, 0.25) is 0 Å². The maximum absolute atomic E-state index is 14.0. The minimum atomic E-state index is 0.00174. The van der Waals surface area contributed by atoms with Crippen molar-refractivity contribution in [1.82, 2.24) is 15.2 Å². The van der Waals surface area contributed by atoms with Gasteiger partial charge in [0.25, 0.3) is 0 Å². The van der Waals surface area contributed by atoms with Crippen LogP contribution in [0, 0.1) is 11.3 Å². The lowest BCUT2D eigenvalue weighted by Crippen LogP contribution is -2.37. The SMILES string of the molecule is C=C(NC(c1ccc2c(c1)CC(C)(C)C2)c1ccccn1)C1CCN(CCCC2=CCCC=C2F)CC1. The van der Waals surface area contributed by atoms with Crippen molar-refractivity contribution in [2.24, 2.45) is 11.3 Å². The Balaban J connectivity index is 1.18. The lowest BCUT2D eigenvalue weighted by Gasteiger charge is -2.34. The quantitative estimate of drug-likeness (QED) is 0.388. The summed E-state index contributed by atoms with van der Waals surface area (Å²) in [6.07, 6.45) is 13.9. The fraction of sp³-hybridized carbons (Fsp3) is 0.485. The Morgan fingerprint density at radius 2 is 1.89 bits per heavy atom. The summed E-state index contributed by atoms with van der Waals surface area (Å²) in [5, 5.41) is 3.81. The number of allylic oxidation sites excluding steroid dienone is 5. The molecule has 0 saturated carbocycles. The fourth-order valence-electron chi connectivity index (χ4n) is 6.35. The summed E-state index contributed by atoms with van der Waals surface area (Å²) in [5.41, 5.74) is 7.64. The van der Waals surface area contributed by atoms with E-state index in [1.807, 2.05) is 12.3 Å².